The topological polar surface area (TPSA) is 42.0 Å². The first kappa shape index (κ1) is 13.8. The van der Waals surface area contributed by atoms with E-state index in [0.29, 0.717) is 17.3 Å². The lowest BCUT2D eigenvalue weighted by Crippen LogP contribution is -2.22. The maximum atomic E-state index is 12.3. The molecule has 1 aromatic rings. The van der Waals surface area contributed by atoms with Crippen LogP contribution in [0.15, 0.2) is 23.2 Å². The van der Waals surface area contributed by atoms with Crippen molar-refractivity contribution in [3.8, 4) is 0 Å². The van der Waals surface area contributed by atoms with Crippen LogP contribution in [0.5, 0.6) is 0 Å². The molecule has 0 saturated carbocycles. The van der Waals surface area contributed by atoms with E-state index < -0.39 is 11.9 Å². The molecule has 1 N–H and O–H groups in total. The summed E-state index contributed by atoms with van der Waals surface area (Å²) in [5, 5.41) is 2.85. The van der Waals surface area contributed by atoms with Crippen LogP contribution in [0.25, 0.3) is 0 Å². The van der Waals surface area contributed by atoms with Crippen LogP contribution in [-0.4, -0.2) is 23.2 Å². The predicted molar refractivity (Wildman–Crippen MR) is 58.6 cm³/mol. The lowest BCUT2D eigenvalue weighted by molar-refractivity contribution is -0.141. The molecule has 0 radical (unpaired) electrons. The van der Waals surface area contributed by atoms with Gasteiger partial charge in [0.2, 0.25) is 5.91 Å². The Kier molecular flexibility index (Phi) is 4.80. The molecule has 94 valence electrons. The zero-order valence-corrected chi connectivity index (χ0v) is 9.86. The van der Waals surface area contributed by atoms with E-state index in [1.54, 1.807) is 0 Å². The standard InChI is InChI=1S/C10H11F3N2OS/c1-7(16)14-5-6-17-9-4-2-3-8(15-9)10(11,12)13/h2-4H,5-6H2,1H3,(H,14,16). The fraction of sp³-hybridized carbons (Fsp3) is 0.400. The molecule has 0 unspecified atom stereocenters. The number of hydrogen-bond acceptors (Lipinski definition) is 3. The van der Waals surface area contributed by atoms with Crippen molar-refractivity contribution in [2.45, 2.75) is 18.1 Å². The number of nitrogens with one attached hydrogen (secondary N) is 1. The average molecular weight is 264 g/mol. The Hall–Kier alpha value is -1.24. The molecule has 17 heavy (non-hydrogen) atoms. The summed E-state index contributed by atoms with van der Waals surface area (Å²) in [6, 6.07) is 3.75. The summed E-state index contributed by atoms with van der Waals surface area (Å²) >= 11 is 1.17. The highest BCUT2D eigenvalue weighted by molar-refractivity contribution is 7.99. The zero-order chi connectivity index (χ0) is 12.9. The van der Waals surface area contributed by atoms with Crippen LogP contribution < -0.4 is 5.32 Å². The lowest BCUT2D eigenvalue weighted by atomic mass is 10.3. The van der Waals surface area contributed by atoms with Crippen LogP contribution in [0.2, 0.25) is 0 Å². The number of aromatic nitrogens is 1. The Bertz CT molecular complexity index is 395. The highest BCUT2D eigenvalue weighted by Gasteiger charge is 2.32. The van der Waals surface area contributed by atoms with Gasteiger partial charge in [-0.2, -0.15) is 13.2 Å². The minimum atomic E-state index is -4.42. The Morgan fingerprint density at radius 2 is 2.18 bits per heavy atom. The summed E-state index contributed by atoms with van der Waals surface area (Å²) in [4.78, 5) is 14.0. The monoisotopic (exact) mass is 264 g/mol. The number of hydrogen-bond donors (Lipinski definition) is 1. The highest BCUT2D eigenvalue weighted by Crippen LogP contribution is 2.28. The van der Waals surface area contributed by atoms with Crippen LogP contribution >= 0.6 is 11.8 Å². The number of amides is 1. The largest absolute Gasteiger partial charge is 0.433 e. The van der Waals surface area contributed by atoms with Crippen molar-refractivity contribution in [2.24, 2.45) is 0 Å². The molecule has 0 aliphatic heterocycles. The van der Waals surface area contributed by atoms with Crippen molar-refractivity contribution < 1.29 is 18.0 Å². The third-order valence-electron chi connectivity index (χ3n) is 1.74. The Balaban J connectivity index is 2.52. The molecule has 3 nitrogen and oxygen atoms in total. The first-order chi connectivity index (χ1) is 7.89. The summed E-state index contributed by atoms with van der Waals surface area (Å²) in [5.41, 5.74) is -0.901. The second-order valence-corrected chi connectivity index (χ2v) is 4.31. The van der Waals surface area contributed by atoms with Crippen molar-refractivity contribution in [2.75, 3.05) is 12.3 Å². The second-order valence-electron chi connectivity index (χ2n) is 3.19. The fourth-order valence-electron chi connectivity index (χ4n) is 1.04. The molecule has 0 bridgehead atoms. The summed E-state index contributed by atoms with van der Waals surface area (Å²) < 4.78 is 37.0. The van der Waals surface area contributed by atoms with Gasteiger partial charge in [0.25, 0.3) is 0 Å². The van der Waals surface area contributed by atoms with Crippen molar-refractivity contribution in [1.82, 2.24) is 10.3 Å². The molecule has 0 aromatic carbocycles. The third kappa shape index (κ3) is 5.08. The average Bonchev–Trinajstić information content (AvgIpc) is 2.23. The van der Waals surface area contributed by atoms with E-state index in [-0.39, 0.29) is 5.91 Å². The number of carbonyl (C=O) groups is 1. The molecule has 1 rings (SSSR count). The van der Waals surface area contributed by atoms with Gasteiger partial charge in [-0.1, -0.05) is 6.07 Å². The number of halogens is 3. The number of rotatable bonds is 4. The number of pyridine rings is 1. The van der Waals surface area contributed by atoms with E-state index in [4.69, 9.17) is 0 Å². The molecular weight excluding hydrogens is 253 g/mol. The van der Waals surface area contributed by atoms with Gasteiger partial charge < -0.3 is 5.32 Å². The van der Waals surface area contributed by atoms with Crippen molar-refractivity contribution in [3.63, 3.8) is 0 Å². The van der Waals surface area contributed by atoms with Gasteiger partial charge in [-0.05, 0) is 12.1 Å². The molecule has 0 fully saturated rings. The number of thioether (sulfide) groups is 1. The van der Waals surface area contributed by atoms with Crippen molar-refractivity contribution >= 4 is 17.7 Å². The summed E-state index contributed by atoms with van der Waals surface area (Å²) in [6.07, 6.45) is -4.42. The molecule has 1 heterocycles. The Labute approximate surface area is 101 Å². The Morgan fingerprint density at radius 3 is 2.76 bits per heavy atom. The smallest absolute Gasteiger partial charge is 0.356 e. The van der Waals surface area contributed by atoms with Gasteiger partial charge in [0.05, 0.1) is 5.03 Å². The molecular formula is C10H11F3N2OS. The third-order valence-corrected chi connectivity index (χ3v) is 2.67. The molecule has 0 spiro atoms. The SMILES string of the molecule is CC(=O)NCCSc1cccc(C(F)(F)F)n1. The van der Waals surface area contributed by atoms with E-state index in [2.05, 4.69) is 10.3 Å². The summed E-state index contributed by atoms with van der Waals surface area (Å²) in [7, 11) is 0. The normalized spacial score (nSPS) is 11.3. The molecule has 1 aromatic heterocycles. The van der Waals surface area contributed by atoms with Gasteiger partial charge in [0.15, 0.2) is 0 Å². The van der Waals surface area contributed by atoms with Crippen LogP contribution in [-0.2, 0) is 11.0 Å². The molecule has 0 atom stereocenters. The number of carbonyl (C=O) groups excluding carboxylic acids is 1. The van der Waals surface area contributed by atoms with Crippen LogP contribution in [0.4, 0.5) is 13.2 Å². The highest BCUT2D eigenvalue weighted by atomic mass is 32.2. The van der Waals surface area contributed by atoms with E-state index >= 15 is 0 Å². The van der Waals surface area contributed by atoms with Crippen molar-refractivity contribution in [1.29, 1.82) is 0 Å². The molecule has 0 aliphatic carbocycles. The molecule has 0 aliphatic rings. The number of alkyl halides is 3. The molecule has 1 amide bonds. The molecule has 0 saturated heterocycles. The summed E-state index contributed by atoms with van der Waals surface area (Å²) in [5.74, 6) is 0.316. The number of nitrogens with zero attached hydrogens (tertiary/aromatic N) is 1. The first-order valence-electron chi connectivity index (χ1n) is 4.81. The van der Waals surface area contributed by atoms with Gasteiger partial charge in [0.1, 0.15) is 5.69 Å². The fourth-order valence-corrected chi connectivity index (χ4v) is 1.79. The van der Waals surface area contributed by atoms with Gasteiger partial charge in [-0.15, -0.1) is 11.8 Å². The quantitative estimate of drug-likeness (QED) is 0.670. The maximum Gasteiger partial charge on any atom is 0.433 e. The van der Waals surface area contributed by atoms with Crippen LogP contribution in [0, 0.1) is 0 Å². The van der Waals surface area contributed by atoms with Crippen LogP contribution in [0.3, 0.4) is 0 Å². The van der Waals surface area contributed by atoms with Gasteiger partial charge in [-0.25, -0.2) is 4.98 Å². The van der Waals surface area contributed by atoms with E-state index in [1.165, 1.54) is 30.8 Å². The van der Waals surface area contributed by atoms with Gasteiger partial charge >= 0.3 is 6.18 Å². The van der Waals surface area contributed by atoms with E-state index in [1.807, 2.05) is 0 Å². The van der Waals surface area contributed by atoms with E-state index in [0.717, 1.165) is 6.07 Å². The summed E-state index contributed by atoms with van der Waals surface area (Å²) in [6.45, 7) is 1.78. The van der Waals surface area contributed by atoms with Gasteiger partial charge in [0, 0.05) is 19.2 Å². The van der Waals surface area contributed by atoms with E-state index in [9.17, 15) is 18.0 Å². The predicted octanol–water partition coefficient (Wildman–Crippen LogP) is 2.33. The molecule has 7 heteroatoms. The van der Waals surface area contributed by atoms with Crippen LogP contribution in [0.1, 0.15) is 12.6 Å². The minimum absolute atomic E-state index is 0.164. The zero-order valence-electron chi connectivity index (χ0n) is 9.04. The maximum absolute atomic E-state index is 12.3. The minimum Gasteiger partial charge on any atom is -0.356 e. The Morgan fingerprint density at radius 1 is 1.47 bits per heavy atom. The van der Waals surface area contributed by atoms with Gasteiger partial charge in [-0.3, -0.25) is 4.79 Å². The lowest BCUT2D eigenvalue weighted by Gasteiger charge is -2.07. The second kappa shape index (κ2) is 5.90. The van der Waals surface area contributed by atoms with Crippen molar-refractivity contribution in [3.05, 3.63) is 23.9 Å². The first-order valence-corrected chi connectivity index (χ1v) is 5.79.